The van der Waals surface area contributed by atoms with E-state index in [0.29, 0.717) is 0 Å². The summed E-state index contributed by atoms with van der Waals surface area (Å²) < 4.78 is 64.4. The number of alkyl halides is 5. The van der Waals surface area contributed by atoms with Crippen molar-refractivity contribution in [1.82, 2.24) is 20.2 Å². The molecule has 0 aliphatic heterocycles. The first kappa shape index (κ1) is 17.6. The predicted octanol–water partition coefficient (Wildman–Crippen LogP) is 2.59. The number of hydrogen-bond donors (Lipinski definition) is 0. The summed E-state index contributed by atoms with van der Waals surface area (Å²) in [6.45, 7) is -1.76. The lowest BCUT2D eigenvalue weighted by molar-refractivity contribution is -0.120. The van der Waals surface area contributed by atoms with Crippen LogP contribution in [-0.4, -0.2) is 32.9 Å². The zero-order valence-electron chi connectivity index (χ0n) is 12.3. The molecule has 128 valence electrons. The summed E-state index contributed by atoms with van der Waals surface area (Å²) in [5.74, 6) is 0.00436. The van der Waals surface area contributed by atoms with E-state index in [1.165, 1.54) is 13.1 Å². The molecule has 0 aliphatic carbocycles. The van der Waals surface area contributed by atoms with Gasteiger partial charge in [0.1, 0.15) is 6.54 Å². The average Bonchev–Trinajstić information content (AvgIpc) is 2.89. The molecule has 0 aliphatic rings. The van der Waals surface area contributed by atoms with Gasteiger partial charge >= 0.3 is 6.18 Å². The summed E-state index contributed by atoms with van der Waals surface area (Å²) in [6, 6.07) is 4.68. The normalized spacial score (nSPS) is 11.6. The number of nitrogens with zero attached hydrogens (tertiary/aromatic N) is 6. The Bertz CT molecular complexity index is 748. The fourth-order valence-corrected chi connectivity index (χ4v) is 2.04. The first-order valence-corrected chi connectivity index (χ1v) is 6.56. The van der Waals surface area contributed by atoms with Crippen molar-refractivity contribution < 1.29 is 22.0 Å². The van der Waals surface area contributed by atoms with Crippen LogP contribution in [0.2, 0.25) is 0 Å². The van der Waals surface area contributed by atoms with Crippen LogP contribution in [-0.2, 0) is 13.6 Å². The standard InChI is InChI=1S/C13H11F5N6/c1-23-21-11(20-22-23)6-24(7-13(16,17)18)9-3-2-8(5-19)10(4-9)12(14)15/h2-4,12H,6-7H2,1H3. The lowest BCUT2D eigenvalue weighted by atomic mass is 10.1. The summed E-state index contributed by atoms with van der Waals surface area (Å²) in [7, 11) is 1.45. The molecule has 2 rings (SSSR count). The van der Waals surface area contributed by atoms with Crippen LogP contribution in [0.5, 0.6) is 0 Å². The summed E-state index contributed by atoms with van der Waals surface area (Å²) in [4.78, 5) is 1.87. The molecule has 6 nitrogen and oxygen atoms in total. The Hall–Kier alpha value is -2.77. The van der Waals surface area contributed by atoms with E-state index in [0.717, 1.165) is 21.8 Å². The molecule has 0 atom stereocenters. The van der Waals surface area contributed by atoms with Crippen LogP contribution >= 0.6 is 0 Å². The van der Waals surface area contributed by atoms with Gasteiger partial charge < -0.3 is 4.90 Å². The van der Waals surface area contributed by atoms with E-state index in [4.69, 9.17) is 5.26 Å². The van der Waals surface area contributed by atoms with Gasteiger partial charge in [0.2, 0.25) is 0 Å². The van der Waals surface area contributed by atoms with E-state index in [1.807, 2.05) is 0 Å². The zero-order valence-corrected chi connectivity index (χ0v) is 12.3. The fraction of sp³-hybridized carbons (Fsp3) is 0.385. The highest BCUT2D eigenvalue weighted by Crippen LogP contribution is 2.30. The largest absolute Gasteiger partial charge is 0.405 e. The summed E-state index contributed by atoms with van der Waals surface area (Å²) in [6.07, 6.45) is -7.55. The molecular formula is C13H11F5N6. The van der Waals surface area contributed by atoms with Crippen molar-refractivity contribution >= 4 is 5.69 Å². The number of benzene rings is 1. The Balaban J connectivity index is 2.39. The van der Waals surface area contributed by atoms with E-state index in [-0.39, 0.29) is 23.6 Å². The van der Waals surface area contributed by atoms with Crippen molar-refractivity contribution in [2.24, 2.45) is 7.05 Å². The topological polar surface area (TPSA) is 70.6 Å². The number of aryl methyl sites for hydroxylation is 1. The maximum atomic E-state index is 13.0. The number of tetrazole rings is 1. The number of rotatable bonds is 5. The number of halogens is 5. The maximum absolute atomic E-state index is 13.0. The maximum Gasteiger partial charge on any atom is 0.405 e. The van der Waals surface area contributed by atoms with Gasteiger partial charge in [-0.25, -0.2) is 8.78 Å². The predicted molar refractivity (Wildman–Crippen MR) is 72.0 cm³/mol. The molecule has 0 N–H and O–H groups in total. The number of anilines is 1. The molecule has 2 aromatic rings. The first-order chi connectivity index (χ1) is 11.2. The Morgan fingerprint density at radius 2 is 2.04 bits per heavy atom. The van der Waals surface area contributed by atoms with Crippen molar-refractivity contribution in [1.29, 1.82) is 5.26 Å². The van der Waals surface area contributed by atoms with Crippen LogP contribution < -0.4 is 4.90 Å². The fourth-order valence-electron chi connectivity index (χ4n) is 2.04. The Kier molecular flexibility index (Phi) is 4.96. The lowest BCUT2D eigenvalue weighted by Crippen LogP contribution is -2.34. The molecule has 0 saturated heterocycles. The van der Waals surface area contributed by atoms with Crippen LogP contribution in [0.1, 0.15) is 23.4 Å². The van der Waals surface area contributed by atoms with E-state index >= 15 is 0 Å². The third-order valence-corrected chi connectivity index (χ3v) is 3.01. The molecule has 24 heavy (non-hydrogen) atoms. The number of hydrogen-bond acceptors (Lipinski definition) is 5. The van der Waals surface area contributed by atoms with E-state index < -0.39 is 24.7 Å². The molecule has 0 amide bonds. The molecular weight excluding hydrogens is 335 g/mol. The highest BCUT2D eigenvalue weighted by molar-refractivity contribution is 5.54. The molecule has 0 bridgehead atoms. The highest BCUT2D eigenvalue weighted by Gasteiger charge is 2.32. The van der Waals surface area contributed by atoms with Gasteiger partial charge in [0.25, 0.3) is 6.43 Å². The molecule has 1 heterocycles. The quantitative estimate of drug-likeness (QED) is 0.779. The smallest absolute Gasteiger partial charge is 0.355 e. The minimum Gasteiger partial charge on any atom is -0.355 e. The molecule has 0 fully saturated rings. The minimum absolute atomic E-state index is 0.00436. The second-order valence-corrected chi connectivity index (χ2v) is 4.85. The number of aromatic nitrogens is 4. The van der Waals surface area contributed by atoms with Gasteiger partial charge in [0, 0.05) is 11.3 Å². The van der Waals surface area contributed by atoms with Gasteiger partial charge in [0.05, 0.1) is 25.2 Å². The second-order valence-electron chi connectivity index (χ2n) is 4.85. The zero-order chi connectivity index (χ0) is 17.9. The van der Waals surface area contributed by atoms with Crippen LogP contribution in [0.4, 0.5) is 27.6 Å². The van der Waals surface area contributed by atoms with E-state index in [9.17, 15) is 22.0 Å². The van der Waals surface area contributed by atoms with Gasteiger partial charge in [-0.3, -0.25) is 0 Å². The molecule has 0 unspecified atom stereocenters. The second kappa shape index (κ2) is 6.77. The molecule has 0 saturated carbocycles. The summed E-state index contributed by atoms with van der Waals surface area (Å²) in [5, 5.41) is 19.7. The third-order valence-electron chi connectivity index (χ3n) is 3.01. The van der Waals surface area contributed by atoms with E-state index in [1.54, 1.807) is 6.07 Å². The van der Waals surface area contributed by atoms with Gasteiger partial charge in [-0.15, -0.1) is 10.2 Å². The average molecular weight is 346 g/mol. The van der Waals surface area contributed by atoms with Crippen molar-refractivity contribution in [2.45, 2.75) is 19.1 Å². The van der Waals surface area contributed by atoms with E-state index in [2.05, 4.69) is 15.4 Å². The van der Waals surface area contributed by atoms with Gasteiger partial charge in [-0.2, -0.15) is 23.2 Å². The Morgan fingerprint density at radius 1 is 1.33 bits per heavy atom. The summed E-state index contributed by atoms with van der Waals surface area (Å²) >= 11 is 0. The first-order valence-electron chi connectivity index (χ1n) is 6.56. The molecule has 0 radical (unpaired) electrons. The summed E-state index contributed by atoms with van der Waals surface area (Å²) in [5.41, 5.74) is -1.04. The van der Waals surface area contributed by atoms with Crippen LogP contribution in [0.15, 0.2) is 18.2 Å². The van der Waals surface area contributed by atoms with Gasteiger partial charge in [-0.1, -0.05) is 0 Å². The van der Waals surface area contributed by atoms with Crippen LogP contribution in [0.25, 0.3) is 0 Å². The SMILES string of the molecule is Cn1nnc(CN(CC(F)(F)F)c2ccc(C#N)c(C(F)F)c2)n1. The Morgan fingerprint density at radius 3 is 2.54 bits per heavy atom. The van der Waals surface area contributed by atoms with Gasteiger partial charge in [0.15, 0.2) is 5.82 Å². The van der Waals surface area contributed by atoms with Crippen molar-refractivity contribution in [2.75, 3.05) is 11.4 Å². The van der Waals surface area contributed by atoms with Crippen LogP contribution in [0, 0.1) is 11.3 Å². The molecule has 0 spiro atoms. The van der Waals surface area contributed by atoms with Crippen molar-refractivity contribution in [3.8, 4) is 6.07 Å². The van der Waals surface area contributed by atoms with Gasteiger partial charge in [-0.05, 0) is 23.4 Å². The minimum atomic E-state index is -4.57. The monoisotopic (exact) mass is 346 g/mol. The highest BCUT2D eigenvalue weighted by atomic mass is 19.4. The number of nitriles is 1. The molecule has 11 heteroatoms. The molecule has 1 aromatic heterocycles. The molecule has 1 aromatic carbocycles. The van der Waals surface area contributed by atoms with Crippen molar-refractivity contribution in [3.63, 3.8) is 0 Å². The van der Waals surface area contributed by atoms with Crippen molar-refractivity contribution in [3.05, 3.63) is 35.2 Å². The van der Waals surface area contributed by atoms with Crippen LogP contribution in [0.3, 0.4) is 0 Å². The Labute approximate surface area is 133 Å². The lowest BCUT2D eigenvalue weighted by Gasteiger charge is -2.25. The third kappa shape index (κ3) is 4.37.